The van der Waals surface area contributed by atoms with Crippen molar-refractivity contribution >= 4 is 27.0 Å². The number of amides is 1. The number of rotatable bonds is 2. The summed E-state index contributed by atoms with van der Waals surface area (Å²) in [6.07, 6.45) is 2.13. The average molecular weight is 348 g/mol. The Morgan fingerprint density at radius 1 is 1.17 bits per heavy atom. The normalized spacial score (nSPS) is 17.0. The molecule has 2 aromatic rings. The SMILES string of the molecule is Cc1ccc2cc(C(=O)N3CCCN(S(N)(=O)=O)CC3)cnc2c1. The number of benzene rings is 1. The minimum atomic E-state index is -3.71. The molecule has 1 aromatic heterocycles. The van der Waals surface area contributed by atoms with Crippen LogP contribution in [0.3, 0.4) is 0 Å². The Morgan fingerprint density at radius 3 is 2.71 bits per heavy atom. The van der Waals surface area contributed by atoms with Crippen LogP contribution < -0.4 is 5.14 Å². The van der Waals surface area contributed by atoms with E-state index in [1.165, 1.54) is 4.31 Å². The van der Waals surface area contributed by atoms with Gasteiger partial charge in [0.15, 0.2) is 0 Å². The summed E-state index contributed by atoms with van der Waals surface area (Å²) in [6, 6.07) is 7.72. The number of fused-ring (bicyclic) bond motifs is 1. The fraction of sp³-hybridized carbons (Fsp3) is 0.375. The van der Waals surface area contributed by atoms with Gasteiger partial charge in [0.1, 0.15) is 0 Å². The third kappa shape index (κ3) is 3.55. The second-order valence-corrected chi connectivity index (χ2v) is 7.56. The quantitative estimate of drug-likeness (QED) is 0.872. The largest absolute Gasteiger partial charge is 0.337 e. The summed E-state index contributed by atoms with van der Waals surface area (Å²) in [5, 5.41) is 6.08. The van der Waals surface area contributed by atoms with Gasteiger partial charge in [0.2, 0.25) is 0 Å². The van der Waals surface area contributed by atoms with Gasteiger partial charge >= 0.3 is 0 Å². The summed E-state index contributed by atoms with van der Waals surface area (Å²) >= 11 is 0. The molecule has 2 N–H and O–H groups in total. The fourth-order valence-corrected chi connectivity index (χ4v) is 3.60. The van der Waals surface area contributed by atoms with Crippen LogP contribution in [-0.2, 0) is 10.2 Å². The molecule has 1 aromatic carbocycles. The molecule has 24 heavy (non-hydrogen) atoms. The summed E-state index contributed by atoms with van der Waals surface area (Å²) < 4.78 is 24.1. The van der Waals surface area contributed by atoms with Gasteiger partial charge in [0.05, 0.1) is 11.1 Å². The van der Waals surface area contributed by atoms with Crippen molar-refractivity contribution in [2.45, 2.75) is 13.3 Å². The molecule has 0 unspecified atom stereocenters. The molecule has 0 radical (unpaired) electrons. The Balaban J connectivity index is 1.80. The fourth-order valence-electron chi connectivity index (χ4n) is 2.88. The number of carbonyl (C=O) groups is 1. The van der Waals surface area contributed by atoms with Crippen molar-refractivity contribution in [1.82, 2.24) is 14.2 Å². The number of nitrogens with two attached hydrogens (primary N) is 1. The van der Waals surface area contributed by atoms with Gasteiger partial charge in [0, 0.05) is 37.8 Å². The lowest BCUT2D eigenvalue weighted by molar-refractivity contribution is 0.0764. The van der Waals surface area contributed by atoms with E-state index in [0.717, 1.165) is 16.5 Å². The number of carbonyl (C=O) groups excluding carboxylic acids is 1. The molecule has 0 bridgehead atoms. The molecule has 8 heteroatoms. The average Bonchev–Trinajstić information content (AvgIpc) is 2.79. The first-order valence-electron chi connectivity index (χ1n) is 7.78. The Hall–Kier alpha value is -2.03. The molecule has 1 fully saturated rings. The molecule has 1 aliphatic heterocycles. The van der Waals surface area contributed by atoms with Crippen LogP contribution >= 0.6 is 0 Å². The second-order valence-electron chi connectivity index (χ2n) is 6.01. The van der Waals surface area contributed by atoms with Gasteiger partial charge in [-0.3, -0.25) is 9.78 Å². The molecule has 128 valence electrons. The molecule has 3 rings (SSSR count). The Bertz CT molecular complexity index is 882. The van der Waals surface area contributed by atoms with Crippen molar-refractivity contribution in [2.75, 3.05) is 26.2 Å². The van der Waals surface area contributed by atoms with E-state index in [4.69, 9.17) is 5.14 Å². The zero-order valence-electron chi connectivity index (χ0n) is 13.5. The first-order valence-corrected chi connectivity index (χ1v) is 9.28. The van der Waals surface area contributed by atoms with Crippen molar-refractivity contribution < 1.29 is 13.2 Å². The van der Waals surface area contributed by atoms with Crippen LogP contribution in [0, 0.1) is 6.92 Å². The third-order valence-electron chi connectivity index (χ3n) is 4.19. The lowest BCUT2D eigenvalue weighted by Gasteiger charge is -2.21. The standard InChI is InChI=1S/C16H20N4O3S/c1-12-3-4-13-10-14(11-18-15(13)9-12)16(21)19-5-2-6-20(8-7-19)24(17,22)23/h3-4,9-11H,2,5-8H2,1H3,(H2,17,22,23). The molecular weight excluding hydrogens is 328 g/mol. The van der Waals surface area contributed by atoms with Crippen molar-refractivity contribution in [3.8, 4) is 0 Å². The highest BCUT2D eigenvalue weighted by Gasteiger charge is 2.25. The monoisotopic (exact) mass is 348 g/mol. The highest BCUT2D eigenvalue weighted by atomic mass is 32.2. The van der Waals surface area contributed by atoms with E-state index in [-0.39, 0.29) is 12.5 Å². The smallest absolute Gasteiger partial charge is 0.276 e. The van der Waals surface area contributed by atoms with Crippen LogP contribution in [0.2, 0.25) is 0 Å². The number of aromatic nitrogens is 1. The van der Waals surface area contributed by atoms with E-state index in [1.54, 1.807) is 11.1 Å². The van der Waals surface area contributed by atoms with Crippen LogP contribution in [-0.4, -0.2) is 54.7 Å². The lowest BCUT2D eigenvalue weighted by Crippen LogP contribution is -2.40. The molecule has 2 heterocycles. The molecule has 0 atom stereocenters. The van der Waals surface area contributed by atoms with Crippen molar-refractivity contribution in [1.29, 1.82) is 0 Å². The number of hydrogen-bond donors (Lipinski definition) is 1. The van der Waals surface area contributed by atoms with Gasteiger partial charge in [-0.1, -0.05) is 12.1 Å². The predicted octanol–water partition coefficient (Wildman–Crippen LogP) is 0.895. The molecular formula is C16H20N4O3S. The van der Waals surface area contributed by atoms with E-state index in [9.17, 15) is 13.2 Å². The second kappa shape index (κ2) is 6.46. The van der Waals surface area contributed by atoms with Crippen LogP contribution in [0.4, 0.5) is 0 Å². The number of nitrogens with zero attached hydrogens (tertiary/aromatic N) is 3. The van der Waals surface area contributed by atoms with E-state index >= 15 is 0 Å². The molecule has 1 aliphatic rings. The Kier molecular flexibility index (Phi) is 4.53. The van der Waals surface area contributed by atoms with Crippen LogP contribution in [0.25, 0.3) is 10.9 Å². The molecule has 7 nitrogen and oxygen atoms in total. The molecule has 0 aliphatic carbocycles. The van der Waals surface area contributed by atoms with Gasteiger partial charge in [-0.15, -0.1) is 0 Å². The minimum Gasteiger partial charge on any atom is -0.337 e. The van der Waals surface area contributed by atoms with E-state index < -0.39 is 10.2 Å². The van der Waals surface area contributed by atoms with Gasteiger partial charge in [0.25, 0.3) is 16.1 Å². The first-order chi connectivity index (χ1) is 11.3. The molecule has 1 saturated heterocycles. The van der Waals surface area contributed by atoms with E-state index in [0.29, 0.717) is 31.6 Å². The van der Waals surface area contributed by atoms with Gasteiger partial charge in [-0.25, -0.2) is 5.14 Å². The van der Waals surface area contributed by atoms with Crippen LogP contribution in [0.1, 0.15) is 22.3 Å². The summed E-state index contributed by atoms with van der Waals surface area (Å²) in [5.41, 5.74) is 2.47. The van der Waals surface area contributed by atoms with E-state index in [1.807, 2.05) is 31.2 Å². The Labute approximate surface area is 141 Å². The van der Waals surface area contributed by atoms with Crippen LogP contribution in [0.15, 0.2) is 30.5 Å². The zero-order valence-corrected chi connectivity index (χ0v) is 14.3. The zero-order chi connectivity index (χ0) is 17.3. The third-order valence-corrected chi connectivity index (χ3v) is 5.27. The van der Waals surface area contributed by atoms with Gasteiger partial charge in [-0.05, 0) is 31.0 Å². The topological polar surface area (TPSA) is 96.6 Å². The number of aryl methyl sites for hydroxylation is 1. The van der Waals surface area contributed by atoms with Crippen molar-refractivity contribution in [3.63, 3.8) is 0 Å². The van der Waals surface area contributed by atoms with Crippen molar-refractivity contribution in [2.24, 2.45) is 5.14 Å². The predicted molar refractivity (Wildman–Crippen MR) is 91.7 cm³/mol. The maximum atomic E-state index is 12.7. The number of hydrogen-bond acceptors (Lipinski definition) is 4. The molecule has 1 amide bonds. The Morgan fingerprint density at radius 2 is 1.96 bits per heavy atom. The van der Waals surface area contributed by atoms with E-state index in [2.05, 4.69) is 4.98 Å². The van der Waals surface area contributed by atoms with Gasteiger partial charge < -0.3 is 4.90 Å². The molecule has 0 saturated carbocycles. The summed E-state index contributed by atoms with van der Waals surface area (Å²) in [5.74, 6) is -0.138. The molecule has 0 spiro atoms. The van der Waals surface area contributed by atoms with Crippen molar-refractivity contribution in [3.05, 3.63) is 41.6 Å². The maximum absolute atomic E-state index is 12.7. The highest BCUT2D eigenvalue weighted by Crippen LogP contribution is 2.17. The summed E-state index contributed by atoms with van der Waals surface area (Å²) in [4.78, 5) is 18.7. The lowest BCUT2D eigenvalue weighted by atomic mass is 10.1. The first kappa shape index (κ1) is 16.8. The summed E-state index contributed by atoms with van der Waals surface area (Å²) in [6.45, 7) is 3.36. The van der Waals surface area contributed by atoms with Gasteiger partial charge in [-0.2, -0.15) is 12.7 Å². The highest BCUT2D eigenvalue weighted by molar-refractivity contribution is 7.86. The summed E-state index contributed by atoms with van der Waals surface area (Å²) in [7, 11) is -3.71. The maximum Gasteiger partial charge on any atom is 0.276 e. The number of pyridine rings is 1. The minimum absolute atomic E-state index is 0.138. The van der Waals surface area contributed by atoms with Crippen LogP contribution in [0.5, 0.6) is 0 Å².